The molecule has 0 aromatic heterocycles. The molecule has 0 spiro atoms. The Morgan fingerprint density at radius 2 is 1.96 bits per heavy atom. The van der Waals surface area contributed by atoms with Gasteiger partial charge in [-0.2, -0.15) is 5.10 Å². The first-order valence-corrected chi connectivity index (χ1v) is 8.80. The van der Waals surface area contributed by atoms with Crippen LogP contribution in [0.1, 0.15) is 23.6 Å². The molecule has 1 aliphatic heterocycles. The van der Waals surface area contributed by atoms with Gasteiger partial charge in [-0.25, -0.2) is 16.3 Å². The van der Waals surface area contributed by atoms with Gasteiger partial charge in [-0.3, -0.25) is 4.79 Å². The van der Waals surface area contributed by atoms with Gasteiger partial charge in [0.25, 0.3) is 5.91 Å². The van der Waals surface area contributed by atoms with Crippen LogP contribution in [-0.2, 0) is 4.79 Å². The number of para-hydroxylation sites is 1. The number of halogens is 1. The Labute approximate surface area is 162 Å². The van der Waals surface area contributed by atoms with E-state index in [4.69, 9.17) is 21.1 Å². The van der Waals surface area contributed by atoms with Crippen LogP contribution in [0.2, 0.25) is 5.02 Å². The summed E-state index contributed by atoms with van der Waals surface area (Å²) in [5.74, 6) is 0.929. The van der Waals surface area contributed by atoms with E-state index in [1.54, 1.807) is 20.3 Å². The highest BCUT2D eigenvalue weighted by Crippen LogP contribution is 2.29. The molecule has 2 aromatic carbocycles. The first-order valence-electron chi connectivity index (χ1n) is 8.42. The number of carbonyl (C=O) groups excluding carboxylic acids is 1. The van der Waals surface area contributed by atoms with E-state index < -0.39 is 6.04 Å². The van der Waals surface area contributed by atoms with Crippen molar-refractivity contribution in [3.63, 3.8) is 0 Å². The second-order valence-electron chi connectivity index (χ2n) is 6.00. The minimum absolute atomic E-state index is 0.0282. The average Bonchev–Trinajstić information content (AvgIpc) is 3.18. The second-order valence-corrected chi connectivity index (χ2v) is 6.43. The van der Waals surface area contributed by atoms with E-state index in [-0.39, 0.29) is 11.9 Å². The quantitative estimate of drug-likeness (QED) is 0.523. The summed E-state index contributed by atoms with van der Waals surface area (Å²) < 4.78 is 10.6. The van der Waals surface area contributed by atoms with Crippen LogP contribution in [0.4, 0.5) is 0 Å². The Balaban J connectivity index is 1.59. The number of hydrazine groups is 1. The molecule has 7 nitrogen and oxygen atoms in total. The van der Waals surface area contributed by atoms with Crippen LogP contribution in [0.3, 0.4) is 0 Å². The molecule has 142 valence electrons. The lowest BCUT2D eigenvalue weighted by atomic mass is 10.0. The molecule has 27 heavy (non-hydrogen) atoms. The number of methoxy groups -OCH3 is 2. The molecule has 2 atom stereocenters. The summed E-state index contributed by atoms with van der Waals surface area (Å²) >= 11 is 5.91. The zero-order chi connectivity index (χ0) is 19.2. The Hall–Kier alpha value is -2.61. The van der Waals surface area contributed by atoms with Crippen molar-refractivity contribution in [3.05, 3.63) is 58.6 Å². The smallest absolute Gasteiger partial charge is 0.258 e. The minimum atomic E-state index is -0.393. The van der Waals surface area contributed by atoms with Crippen LogP contribution in [0, 0.1) is 0 Å². The van der Waals surface area contributed by atoms with Gasteiger partial charge in [-0.05, 0) is 36.2 Å². The Kier molecular flexibility index (Phi) is 6.28. The van der Waals surface area contributed by atoms with Crippen molar-refractivity contribution < 1.29 is 14.3 Å². The van der Waals surface area contributed by atoms with Gasteiger partial charge in [-0.1, -0.05) is 29.8 Å². The second kappa shape index (κ2) is 8.85. The molecule has 8 heteroatoms. The first-order chi connectivity index (χ1) is 13.1. The van der Waals surface area contributed by atoms with E-state index in [2.05, 4.69) is 21.4 Å². The van der Waals surface area contributed by atoms with Gasteiger partial charge in [0.15, 0.2) is 11.5 Å². The highest BCUT2D eigenvalue weighted by atomic mass is 35.5. The van der Waals surface area contributed by atoms with E-state index in [9.17, 15) is 4.79 Å². The summed E-state index contributed by atoms with van der Waals surface area (Å²) in [6.07, 6.45) is 2.13. The van der Waals surface area contributed by atoms with Crippen LogP contribution in [0.25, 0.3) is 0 Å². The lowest BCUT2D eigenvalue weighted by Gasteiger charge is -2.10. The number of carbonyl (C=O) groups is 1. The van der Waals surface area contributed by atoms with Gasteiger partial charge < -0.3 is 9.47 Å². The summed E-state index contributed by atoms with van der Waals surface area (Å²) in [5, 5.41) is 4.72. The molecule has 0 radical (unpaired) electrons. The van der Waals surface area contributed by atoms with Gasteiger partial charge in [0.2, 0.25) is 0 Å². The monoisotopic (exact) mass is 388 g/mol. The van der Waals surface area contributed by atoms with Crippen LogP contribution in [0.5, 0.6) is 11.5 Å². The highest BCUT2D eigenvalue weighted by Gasteiger charge is 2.29. The van der Waals surface area contributed by atoms with Gasteiger partial charge in [-0.15, -0.1) is 0 Å². The molecule has 1 heterocycles. The van der Waals surface area contributed by atoms with Crippen molar-refractivity contribution in [2.45, 2.75) is 18.5 Å². The molecule has 1 fully saturated rings. The lowest BCUT2D eigenvalue weighted by molar-refractivity contribution is -0.122. The Morgan fingerprint density at radius 1 is 1.19 bits per heavy atom. The first kappa shape index (κ1) is 19.2. The predicted molar refractivity (Wildman–Crippen MR) is 104 cm³/mol. The molecule has 2 aromatic rings. The van der Waals surface area contributed by atoms with E-state index in [1.807, 2.05) is 36.4 Å². The predicted octanol–water partition coefficient (Wildman–Crippen LogP) is 2.42. The number of nitrogens with one attached hydrogen (secondary N) is 3. The fourth-order valence-electron chi connectivity index (χ4n) is 2.90. The van der Waals surface area contributed by atoms with Crippen molar-refractivity contribution in [2.75, 3.05) is 14.2 Å². The summed E-state index contributed by atoms with van der Waals surface area (Å²) in [7, 11) is 3.12. The molecule has 0 saturated carbocycles. The third-order valence-corrected chi connectivity index (χ3v) is 4.56. The number of hydrogen-bond acceptors (Lipinski definition) is 6. The van der Waals surface area contributed by atoms with Crippen molar-refractivity contribution in [1.82, 2.24) is 16.3 Å². The molecule has 0 aliphatic carbocycles. The third-order valence-electron chi connectivity index (χ3n) is 4.30. The maximum absolute atomic E-state index is 12.3. The topological polar surface area (TPSA) is 84.0 Å². The van der Waals surface area contributed by atoms with Crippen molar-refractivity contribution in [1.29, 1.82) is 0 Å². The standard InChI is InChI=1S/C19H21ClN4O3/c1-26-17-5-3-4-13(18(17)27-2)11-21-24-19(25)16-10-15(22-23-16)12-6-8-14(20)9-7-12/h3-9,11,15-16,22-23H,10H2,1-2H3,(H,24,25)/b21-11+. The molecule has 3 N–H and O–H groups in total. The summed E-state index contributed by atoms with van der Waals surface area (Å²) in [6, 6.07) is 12.6. The third kappa shape index (κ3) is 4.57. The largest absolute Gasteiger partial charge is 0.493 e. The van der Waals surface area contributed by atoms with Crippen molar-refractivity contribution >= 4 is 23.7 Å². The zero-order valence-corrected chi connectivity index (χ0v) is 15.8. The van der Waals surface area contributed by atoms with E-state index in [0.717, 1.165) is 5.56 Å². The Bertz CT molecular complexity index is 826. The molecule has 1 saturated heterocycles. The molecular weight excluding hydrogens is 368 g/mol. The van der Waals surface area contributed by atoms with E-state index in [1.165, 1.54) is 6.21 Å². The van der Waals surface area contributed by atoms with Crippen molar-refractivity contribution in [2.24, 2.45) is 5.10 Å². The van der Waals surface area contributed by atoms with Gasteiger partial charge in [0.1, 0.15) is 6.04 Å². The molecule has 2 unspecified atom stereocenters. The lowest BCUT2D eigenvalue weighted by Crippen LogP contribution is -2.41. The van der Waals surface area contributed by atoms with Crippen molar-refractivity contribution in [3.8, 4) is 11.5 Å². The van der Waals surface area contributed by atoms with Gasteiger partial charge in [0.05, 0.1) is 20.4 Å². The number of rotatable bonds is 6. The number of benzene rings is 2. The highest BCUT2D eigenvalue weighted by molar-refractivity contribution is 6.30. The van der Waals surface area contributed by atoms with Crippen LogP contribution in [-0.4, -0.2) is 32.4 Å². The van der Waals surface area contributed by atoms with Crippen LogP contribution < -0.4 is 25.8 Å². The van der Waals surface area contributed by atoms with Crippen LogP contribution in [0.15, 0.2) is 47.6 Å². The number of hydrogen-bond donors (Lipinski definition) is 3. The number of nitrogens with zero attached hydrogens (tertiary/aromatic N) is 1. The maximum Gasteiger partial charge on any atom is 0.258 e. The molecule has 0 bridgehead atoms. The molecule has 3 rings (SSSR count). The zero-order valence-electron chi connectivity index (χ0n) is 15.0. The van der Waals surface area contributed by atoms with Gasteiger partial charge >= 0.3 is 0 Å². The fraction of sp³-hybridized carbons (Fsp3) is 0.263. The van der Waals surface area contributed by atoms with E-state index >= 15 is 0 Å². The summed E-state index contributed by atoms with van der Waals surface area (Å²) in [5.41, 5.74) is 10.4. The SMILES string of the molecule is COc1cccc(/C=N/NC(=O)C2CC(c3ccc(Cl)cc3)NN2)c1OC. The normalized spacial score (nSPS) is 19.2. The van der Waals surface area contributed by atoms with Crippen LogP contribution >= 0.6 is 11.6 Å². The molecular formula is C19H21ClN4O3. The number of hydrazone groups is 1. The minimum Gasteiger partial charge on any atom is -0.493 e. The fourth-order valence-corrected chi connectivity index (χ4v) is 3.02. The Morgan fingerprint density at radius 3 is 2.67 bits per heavy atom. The van der Waals surface area contributed by atoms with Gasteiger partial charge in [0, 0.05) is 16.6 Å². The number of amides is 1. The van der Waals surface area contributed by atoms with E-state index in [0.29, 0.717) is 28.5 Å². The number of ether oxygens (including phenoxy) is 2. The molecule has 1 aliphatic rings. The molecule has 1 amide bonds. The summed E-state index contributed by atoms with van der Waals surface area (Å²) in [6.45, 7) is 0. The summed E-state index contributed by atoms with van der Waals surface area (Å²) in [4.78, 5) is 12.3. The average molecular weight is 389 g/mol. The maximum atomic E-state index is 12.3.